The van der Waals surface area contributed by atoms with Crippen molar-refractivity contribution >= 4 is 17.7 Å². The molecule has 4 nitrogen and oxygen atoms in total. The first-order valence-corrected chi connectivity index (χ1v) is 6.28. The monoisotopic (exact) mass is 235 g/mol. The Balaban J connectivity index is 3.20. The zero-order valence-electron chi connectivity index (χ0n) is 9.53. The SMILES string of the molecule is COCCCCSCCC(N)C(=O)OC. The van der Waals surface area contributed by atoms with Gasteiger partial charge in [-0.25, -0.2) is 0 Å². The van der Waals surface area contributed by atoms with Crippen LogP contribution < -0.4 is 5.73 Å². The van der Waals surface area contributed by atoms with Crippen LogP contribution in [-0.2, 0) is 14.3 Å². The van der Waals surface area contributed by atoms with Gasteiger partial charge in [-0.2, -0.15) is 11.8 Å². The summed E-state index contributed by atoms with van der Waals surface area (Å²) in [6.45, 7) is 0.822. The molecule has 0 bridgehead atoms. The van der Waals surface area contributed by atoms with Crippen LogP contribution in [0.25, 0.3) is 0 Å². The Labute approximate surface area is 95.9 Å². The molecular weight excluding hydrogens is 214 g/mol. The molecule has 0 spiro atoms. The van der Waals surface area contributed by atoms with E-state index in [-0.39, 0.29) is 5.97 Å². The first-order valence-electron chi connectivity index (χ1n) is 5.12. The summed E-state index contributed by atoms with van der Waals surface area (Å²) in [5, 5.41) is 0. The van der Waals surface area contributed by atoms with Crippen LogP contribution in [0.2, 0.25) is 0 Å². The number of nitrogens with two attached hydrogens (primary N) is 1. The Hall–Kier alpha value is -0.260. The molecule has 0 aliphatic rings. The van der Waals surface area contributed by atoms with Crippen molar-refractivity contribution in [2.75, 3.05) is 32.3 Å². The molecule has 5 heteroatoms. The fourth-order valence-electron chi connectivity index (χ4n) is 1.03. The van der Waals surface area contributed by atoms with Crippen LogP contribution in [0.4, 0.5) is 0 Å². The minimum Gasteiger partial charge on any atom is -0.468 e. The van der Waals surface area contributed by atoms with Crippen LogP contribution in [0.15, 0.2) is 0 Å². The van der Waals surface area contributed by atoms with Gasteiger partial charge in [0.25, 0.3) is 0 Å². The number of methoxy groups -OCH3 is 2. The number of rotatable bonds is 9. The predicted molar refractivity (Wildman–Crippen MR) is 63.0 cm³/mol. The Morgan fingerprint density at radius 3 is 2.67 bits per heavy atom. The van der Waals surface area contributed by atoms with E-state index in [1.807, 2.05) is 11.8 Å². The number of hydrogen-bond donors (Lipinski definition) is 1. The average Bonchev–Trinajstić information content (AvgIpc) is 2.26. The largest absolute Gasteiger partial charge is 0.468 e. The maximum Gasteiger partial charge on any atom is 0.322 e. The molecular formula is C10H21NO3S. The fourth-order valence-corrected chi connectivity index (χ4v) is 2.07. The second kappa shape index (κ2) is 10.3. The molecule has 0 amide bonds. The minimum atomic E-state index is -0.471. The van der Waals surface area contributed by atoms with Crippen molar-refractivity contribution in [3.63, 3.8) is 0 Å². The Bertz CT molecular complexity index is 167. The Morgan fingerprint density at radius 2 is 2.07 bits per heavy atom. The maximum atomic E-state index is 10.9. The van der Waals surface area contributed by atoms with Crippen LogP contribution >= 0.6 is 11.8 Å². The quantitative estimate of drug-likeness (QED) is 0.478. The van der Waals surface area contributed by atoms with Gasteiger partial charge in [-0.1, -0.05) is 0 Å². The number of thioether (sulfide) groups is 1. The number of carbonyl (C=O) groups excluding carboxylic acids is 1. The highest BCUT2D eigenvalue weighted by Gasteiger charge is 2.12. The topological polar surface area (TPSA) is 61.5 Å². The number of esters is 1. The van der Waals surface area contributed by atoms with E-state index in [1.165, 1.54) is 7.11 Å². The van der Waals surface area contributed by atoms with E-state index in [1.54, 1.807) is 7.11 Å². The Kier molecular flexibility index (Phi) is 10.1. The summed E-state index contributed by atoms with van der Waals surface area (Å²) in [5.74, 6) is 1.68. The molecule has 0 aliphatic carbocycles. The second-order valence-corrected chi connectivity index (χ2v) is 4.46. The first-order chi connectivity index (χ1) is 7.22. The molecule has 0 aromatic carbocycles. The third-order valence-corrected chi connectivity index (χ3v) is 3.07. The molecule has 0 aliphatic heterocycles. The van der Waals surface area contributed by atoms with Crippen molar-refractivity contribution in [1.29, 1.82) is 0 Å². The molecule has 0 saturated carbocycles. The van der Waals surface area contributed by atoms with Crippen molar-refractivity contribution in [1.82, 2.24) is 0 Å². The van der Waals surface area contributed by atoms with Crippen LogP contribution in [0, 0.1) is 0 Å². The molecule has 2 N–H and O–H groups in total. The van der Waals surface area contributed by atoms with Gasteiger partial charge in [-0.05, 0) is 30.8 Å². The van der Waals surface area contributed by atoms with E-state index in [9.17, 15) is 4.79 Å². The van der Waals surface area contributed by atoms with E-state index >= 15 is 0 Å². The molecule has 1 atom stereocenters. The molecule has 0 saturated heterocycles. The average molecular weight is 235 g/mol. The van der Waals surface area contributed by atoms with Gasteiger partial charge >= 0.3 is 5.97 Å². The van der Waals surface area contributed by atoms with E-state index in [4.69, 9.17) is 10.5 Å². The lowest BCUT2D eigenvalue weighted by Crippen LogP contribution is -2.32. The summed E-state index contributed by atoms with van der Waals surface area (Å²) in [6, 6.07) is -0.471. The summed E-state index contributed by atoms with van der Waals surface area (Å²) in [7, 11) is 3.07. The molecule has 0 aromatic heterocycles. The highest BCUT2D eigenvalue weighted by atomic mass is 32.2. The number of ether oxygens (including phenoxy) is 2. The Morgan fingerprint density at radius 1 is 1.33 bits per heavy atom. The fraction of sp³-hybridized carbons (Fsp3) is 0.900. The molecule has 15 heavy (non-hydrogen) atoms. The van der Waals surface area contributed by atoms with Crippen molar-refractivity contribution in [3.05, 3.63) is 0 Å². The van der Waals surface area contributed by atoms with Crippen molar-refractivity contribution in [2.24, 2.45) is 5.73 Å². The van der Waals surface area contributed by atoms with Crippen molar-refractivity contribution in [3.8, 4) is 0 Å². The van der Waals surface area contributed by atoms with Crippen molar-refractivity contribution in [2.45, 2.75) is 25.3 Å². The molecule has 0 aromatic rings. The number of carbonyl (C=O) groups is 1. The molecule has 0 rings (SSSR count). The van der Waals surface area contributed by atoms with E-state index in [2.05, 4.69) is 4.74 Å². The van der Waals surface area contributed by atoms with Gasteiger partial charge in [0.15, 0.2) is 0 Å². The zero-order chi connectivity index (χ0) is 11.5. The smallest absolute Gasteiger partial charge is 0.322 e. The summed E-state index contributed by atoms with van der Waals surface area (Å²) >= 11 is 1.82. The van der Waals surface area contributed by atoms with Gasteiger partial charge in [0, 0.05) is 13.7 Å². The van der Waals surface area contributed by atoms with Gasteiger partial charge in [0.1, 0.15) is 6.04 Å². The second-order valence-electron chi connectivity index (χ2n) is 3.23. The first kappa shape index (κ1) is 14.7. The summed E-state index contributed by atoms with van der Waals surface area (Å²) < 4.78 is 9.47. The van der Waals surface area contributed by atoms with Gasteiger partial charge in [-0.3, -0.25) is 4.79 Å². The summed E-state index contributed by atoms with van der Waals surface area (Å²) in [5.41, 5.74) is 5.58. The highest BCUT2D eigenvalue weighted by Crippen LogP contribution is 2.07. The van der Waals surface area contributed by atoms with Gasteiger partial charge in [0.05, 0.1) is 7.11 Å². The summed E-state index contributed by atoms with van der Waals surface area (Å²) in [6.07, 6.45) is 2.92. The predicted octanol–water partition coefficient (Wildman–Crippen LogP) is 1.04. The normalized spacial score (nSPS) is 12.5. The van der Waals surface area contributed by atoms with E-state index in [0.29, 0.717) is 6.42 Å². The van der Waals surface area contributed by atoms with Gasteiger partial charge in [0.2, 0.25) is 0 Å². The number of unbranched alkanes of at least 4 members (excludes halogenated alkanes) is 1. The minimum absolute atomic E-state index is 0.324. The molecule has 90 valence electrons. The summed E-state index contributed by atoms with van der Waals surface area (Å²) in [4.78, 5) is 10.9. The lowest BCUT2D eigenvalue weighted by Gasteiger charge is -2.08. The van der Waals surface area contributed by atoms with E-state index < -0.39 is 6.04 Å². The molecule has 1 unspecified atom stereocenters. The van der Waals surface area contributed by atoms with Crippen LogP contribution in [0.3, 0.4) is 0 Å². The van der Waals surface area contributed by atoms with Crippen LogP contribution in [-0.4, -0.2) is 44.3 Å². The lowest BCUT2D eigenvalue weighted by molar-refractivity contribution is -0.142. The standard InChI is InChI=1S/C10H21NO3S/c1-13-6-3-4-7-15-8-5-9(11)10(12)14-2/h9H,3-8,11H2,1-2H3. The van der Waals surface area contributed by atoms with Gasteiger partial charge in [-0.15, -0.1) is 0 Å². The number of hydrogen-bond acceptors (Lipinski definition) is 5. The zero-order valence-corrected chi connectivity index (χ0v) is 10.3. The van der Waals surface area contributed by atoms with Crippen molar-refractivity contribution < 1.29 is 14.3 Å². The van der Waals surface area contributed by atoms with Gasteiger partial charge < -0.3 is 15.2 Å². The highest BCUT2D eigenvalue weighted by molar-refractivity contribution is 7.99. The molecule has 0 heterocycles. The molecule has 0 radical (unpaired) electrons. The third kappa shape index (κ3) is 8.72. The van der Waals surface area contributed by atoms with Crippen LogP contribution in [0.5, 0.6) is 0 Å². The van der Waals surface area contributed by atoms with Crippen LogP contribution in [0.1, 0.15) is 19.3 Å². The lowest BCUT2D eigenvalue weighted by atomic mass is 10.2. The maximum absolute atomic E-state index is 10.9. The third-order valence-electron chi connectivity index (χ3n) is 1.96. The van der Waals surface area contributed by atoms with E-state index in [0.717, 1.165) is 31.0 Å². The molecule has 0 fully saturated rings.